The molecule has 2 atom stereocenters. The normalized spacial score (nSPS) is 26.2. The first-order valence-electron chi connectivity index (χ1n) is 4.22. The SMILES string of the molecule is CC1Cc2c(Cl)ccc(Cl)c2C1Br. The first kappa shape index (κ1) is 9.82. The van der Waals surface area contributed by atoms with E-state index in [0.29, 0.717) is 10.7 Å². The van der Waals surface area contributed by atoms with Crippen LogP contribution in [0.3, 0.4) is 0 Å². The molecule has 0 nitrogen and oxygen atoms in total. The lowest BCUT2D eigenvalue weighted by Gasteiger charge is -2.08. The lowest BCUT2D eigenvalue weighted by atomic mass is 10.1. The molecule has 0 saturated heterocycles. The predicted octanol–water partition coefficient (Wildman–Crippen LogP) is 4.62. The zero-order chi connectivity index (χ0) is 9.59. The van der Waals surface area contributed by atoms with Crippen LogP contribution in [0.4, 0.5) is 0 Å². The maximum atomic E-state index is 6.11. The van der Waals surface area contributed by atoms with Gasteiger partial charge in [-0.1, -0.05) is 46.1 Å². The highest BCUT2D eigenvalue weighted by Gasteiger charge is 2.30. The van der Waals surface area contributed by atoms with Crippen LogP contribution in [-0.2, 0) is 6.42 Å². The average molecular weight is 280 g/mol. The van der Waals surface area contributed by atoms with Gasteiger partial charge in [0.15, 0.2) is 0 Å². The van der Waals surface area contributed by atoms with Crippen molar-refractivity contribution in [3.8, 4) is 0 Å². The van der Waals surface area contributed by atoms with Gasteiger partial charge in [-0.05, 0) is 35.6 Å². The second-order valence-corrected chi connectivity index (χ2v) is 5.31. The Balaban J connectivity index is 2.61. The summed E-state index contributed by atoms with van der Waals surface area (Å²) < 4.78 is 0. The number of halogens is 3. The Morgan fingerprint density at radius 2 is 1.92 bits per heavy atom. The highest BCUT2D eigenvalue weighted by Crippen LogP contribution is 2.47. The fraction of sp³-hybridized carbons (Fsp3) is 0.400. The van der Waals surface area contributed by atoms with Gasteiger partial charge in [0, 0.05) is 14.9 Å². The number of alkyl halides is 1. The highest BCUT2D eigenvalue weighted by atomic mass is 79.9. The molecule has 1 aromatic carbocycles. The highest BCUT2D eigenvalue weighted by molar-refractivity contribution is 9.09. The zero-order valence-electron chi connectivity index (χ0n) is 7.15. The van der Waals surface area contributed by atoms with Crippen LogP contribution < -0.4 is 0 Å². The molecule has 13 heavy (non-hydrogen) atoms. The molecule has 1 aromatic rings. The minimum absolute atomic E-state index is 0.355. The van der Waals surface area contributed by atoms with Gasteiger partial charge in [-0.25, -0.2) is 0 Å². The van der Waals surface area contributed by atoms with Crippen molar-refractivity contribution in [2.45, 2.75) is 18.2 Å². The molecule has 3 heteroatoms. The second-order valence-electron chi connectivity index (χ2n) is 3.50. The number of rotatable bonds is 0. The van der Waals surface area contributed by atoms with Gasteiger partial charge >= 0.3 is 0 Å². The van der Waals surface area contributed by atoms with E-state index in [1.54, 1.807) is 0 Å². The fourth-order valence-corrected chi connectivity index (χ4v) is 3.20. The van der Waals surface area contributed by atoms with Crippen molar-refractivity contribution in [3.05, 3.63) is 33.3 Å². The molecule has 0 amide bonds. The van der Waals surface area contributed by atoms with E-state index in [-0.39, 0.29) is 0 Å². The number of hydrogen-bond acceptors (Lipinski definition) is 0. The topological polar surface area (TPSA) is 0 Å². The summed E-state index contributed by atoms with van der Waals surface area (Å²) in [6.45, 7) is 2.20. The van der Waals surface area contributed by atoms with Gasteiger partial charge in [0.25, 0.3) is 0 Å². The molecule has 70 valence electrons. The van der Waals surface area contributed by atoms with E-state index in [2.05, 4.69) is 22.9 Å². The molecule has 0 heterocycles. The lowest BCUT2D eigenvalue weighted by molar-refractivity contribution is 0.623. The summed E-state index contributed by atoms with van der Waals surface area (Å²) in [4.78, 5) is 0.355. The summed E-state index contributed by atoms with van der Waals surface area (Å²) in [5.74, 6) is 0.576. The van der Waals surface area contributed by atoms with Crippen LogP contribution in [0.25, 0.3) is 0 Å². The van der Waals surface area contributed by atoms with Crippen LogP contribution in [0.1, 0.15) is 22.9 Å². The first-order valence-corrected chi connectivity index (χ1v) is 5.89. The van der Waals surface area contributed by atoms with Crippen LogP contribution in [0, 0.1) is 5.92 Å². The Morgan fingerprint density at radius 3 is 2.54 bits per heavy atom. The summed E-state index contributed by atoms with van der Waals surface area (Å²) in [6, 6.07) is 3.75. The Labute approximate surface area is 96.4 Å². The fourth-order valence-electron chi connectivity index (χ4n) is 1.83. The Kier molecular flexibility index (Phi) is 2.61. The number of hydrogen-bond donors (Lipinski definition) is 0. The summed E-state index contributed by atoms with van der Waals surface area (Å²) in [5, 5.41) is 1.67. The summed E-state index contributed by atoms with van der Waals surface area (Å²) in [5.41, 5.74) is 2.39. The second kappa shape index (κ2) is 3.45. The Bertz CT molecular complexity index is 349. The Morgan fingerprint density at radius 1 is 1.31 bits per heavy atom. The molecule has 0 aromatic heterocycles. The quantitative estimate of drug-likeness (QED) is 0.608. The maximum absolute atomic E-state index is 6.11. The van der Waals surface area contributed by atoms with E-state index in [1.807, 2.05) is 12.1 Å². The van der Waals surface area contributed by atoms with Gasteiger partial charge < -0.3 is 0 Å². The summed E-state index contributed by atoms with van der Waals surface area (Å²) >= 11 is 15.9. The van der Waals surface area contributed by atoms with E-state index in [9.17, 15) is 0 Å². The molecule has 0 N–H and O–H groups in total. The Hall–Kier alpha value is 0.280. The van der Waals surface area contributed by atoms with Crippen molar-refractivity contribution < 1.29 is 0 Å². The van der Waals surface area contributed by atoms with Crippen molar-refractivity contribution in [2.75, 3.05) is 0 Å². The largest absolute Gasteiger partial charge is 0.0840 e. The molecule has 1 aliphatic carbocycles. The molecular formula is C10H9BrCl2. The molecule has 0 bridgehead atoms. The van der Waals surface area contributed by atoms with E-state index in [1.165, 1.54) is 11.1 Å². The first-order chi connectivity index (χ1) is 6.11. The third-order valence-corrected chi connectivity index (χ3v) is 4.59. The van der Waals surface area contributed by atoms with Crippen molar-refractivity contribution in [1.29, 1.82) is 0 Å². The minimum atomic E-state index is 0.355. The van der Waals surface area contributed by atoms with Crippen molar-refractivity contribution >= 4 is 39.1 Å². The molecule has 2 unspecified atom stereocenters. The molecule has 0 spiro atoms. The van der Waals surface area contributed by atoms with Crippen molar-refractivity contribution in [3.63, 3.8) is 0 Å². The van der Waals surface area contributed by atoms with E-state index in [4.69, 9.17) is 23.2 Å². The van der Waals surface area contributed by atoms with Gasteiger partial charge in [0.05, 0.1) is 0 Å². The number of benzene rings is 1. The molecular weight excluding hydrogens is 271 g/mol. The smallest absolute Gasteiger partial charge is 0.0453 e. The third kappa shape index (κ3) is 1.51. The van der Waals surface area contributed by atoms with Gasteiger partial charge in [-0.3, -0.25) is 0 Å². The van der Waals surface area contributed by atoms with Crippen molar-refractivity contribution in [2.24, 2.45) is 5.92 Å². The standard InChI is InChI=1S/C10H9BrCl2/c1-5-4-6-7(12)2-3-8(13)9(6)10(5)11/h2-3,5,10H,4H2,1H3. The lowest BCUT2D eigenvalue weighted by Crippen LogP contribution is -1.94. The van der Waals surface area contributed by atoms with Crippen LogP contribution >= 0.6 is 39.1 Å². The van der Waals surface area contributed by atoms with E-state index < -0.39 is 0 Å². The molecule has 2 rings (SSSR count). The van der Waals surface area contributed by atoms with Crippen LogP contribution in [-0.4, -0.2) is 0 Å². The predicted molar refractivity (Wildman–Crippen MR) is 61.0 cm³/mol. The summed E-state index contributed by atoms with van der Waals surface area (Å²) in [7, 11) is 0. The molecule has 0 saturated carbocycles. The number of fused-ring (bicyclic) bond motifs is 1. The van der Waals surface area contributed by atoms with Crippen LogP contribution in [0.5, 0.6) is 0 Å². The average Bonchev–Trinajstić information content (AvgIpc) is 2.38. The van der Waals surface area contributed by atoms with Gasteiger partial charge in [0.2, 0.25) is 0 Å². The minimum Gasteiger partial charge on any atom is -0.0840 e. The maximum Gasteiger partial charge on any atom is 0.0453 e. The van der Waals surface area contributed by atoms with E-state index in [0.717, 1.165) is 16.5 Å². The molecule has 1 aliphatic rings. The van der Waals surface area contributed by atoms with E-state index >= 15 is 0 Å². The van der Waals surface area contributed by atoms with Crippen LogP contribution in [0.2, 0.25) is 10.0 Å². The zero-order valence-corrected chi connectivity index (χ0v) is 10.2. The van der Waals surface area contributed by atoms with Gasteiger partial charge in [-0.2, -0.15) is 0 Å². The monoisotopic (exact) mass is 278 g/mol. The van der Waals surface area contributed by atoms with Crippen molar-refractivity contribution in [1.82, 2.24) is 0 Å². The van der Waals surface area contributed by atoms with Gasteiger partial charge in [0.1, 0.15) is 0 Å². The molecule has 0 aliphatic heterocycles. The molecule has 0 radical (unpaired) electrons. The molecule has 0 fully saturated rings. The third-order valence-electron chi connectivity index (χ3n) is 2.55. The van der Waals surface area contributed by atoms with Gasteiger partial charge in [-0.15, -0.1) is 0 Å². The summed E-state index contributed by atoms with van der Waals surface area (Å²) in [6.07, 6.45) is 1.02. The van der Waals surface area contributed by atoms with Crippen LogP contribution in [0.15, 0.2) is 12.1 Å².